The van der Waals surface area contributed by atoms with Crippen LogP contribution in [0.15, 0.2) is 24.5 Å². The first-order valence-corrected chi connectivity index (χ1v) is 7.76. The van der Waals surface area contributed by atoms with Crippen molar-refractivity contribution in [3.8, 4) is 17.2 Å². The van der Waals surface area contributed by atoms with Crippen molar-refractivity contribution in [2.75, 3.05) is 28.4 Å². The molecule has 0 spiro atoms. The Kier molecular flexibility index (Phi) is 6.24. The van der Waals surface area contributed by atoms with Crippen LogP contribution in [-0.4, -0.2) is 44.1 Å². The molecular weight excluding hydrogens is 324 g/mol. The zero-order chi connectivity index (χ0) is 18.4. The molecule has 25 heavy (non-hydrogen) atoms. The largest absolute Gasteiger partial charge is 0.496 e. The predicted octanol–water partition coefficient (Wildman–Crippen LogP) is 1.02. The molecule has 0 radical (unpaired) electrons. The van der Waals surface area contributed by atoms with Crippen molar-refractivity contribution in [1.82, 2.24) is 20.4 Å². The van der Waals surface area contributed by atoms with E-state index >= 15 is 0 Å². The molecule has 1 atom stereocenters. The standard InChI is InChI=1S/C17H24N4O4/c1-18-16(11-8-20-21(2)10-11)17(22)19-9-13-14(24-4)6-12(23-3)7-15(13)25-5/h6-8,10,16,18H,9H2,1-5H3,(H,19,22). The van der Waals surface area contributed by atoms with Crippen LogP contribution in [0.3, 0.4) is 0 Å². The fourth-order valence-electron chi connectivity index (χ4n) is 2.57. The minimum Gasteiger partial charge on any atom is -0.496 e. The first-order valence-electron chi connectivity index (χ1n) is 7.76. The summed E-state index contributed by atoms with van der Waals surface area (Å²) in [5.74, 6) is 1.61. The Morgan fingerprint density at radius 1 is 1.20 bits per heavy atom. The highest BCUT2D eigenvalue weighted by atomic mass is 16.5. The van der Waals surface area contributed by atoms with Gasteiger partial charge in [-0.05, 0) is 7.05 Å². The van der Waals surface area contributed by atoms with E-state index < -0.39 is 6.04 Å². The van der Waals surface area contributed by atoms with Crippen LogP contribution in [0, 0.1) is 0 Å². The van der Waals surface area contributed by atoms with Gasteiger partial charge in [0.15, 0.2) is 0 Å². The zero-order valence-electron chi connectivity index (χ0n) is 15.1. The quantitative estimate of drug-likeness (QED) is 0.741. The number of benzene rings is 1. The molecular formula is C17H24N4O4. The Morgan fingerprint density at radius 3 is 2.28 bits per heavy atom. The second-order valence-corrected chi connectivity index (χ2v) is 5.40. The lowest BCUT2D eigenvalue weighted by molar-refractivity contribution is -0.123. The van der Waals surface area contributed by atoms with Gasteiger partial charge >= 0.3 is 0 Å². The Hall–Kier alpha value is -2.74. The van der Waals surface area contributed by atoms with E-state index in [1.807, 2.05) is 0 Å². The number of hydrogen-bond acceptors (Lipinski definition) is 6. The topological polar surface area (TPSA) is 86.6 Å². The first kappa shape index (κ1) is 18.6. The van der Waals surface area contributed by atoms with E-state index in [-0.39, 0.29) is 12.5 Å². The van der Waals surface area contributed by atoms with Gasteiger partial charge in [-0.3, -0.25) is 9.48 Å². The highest BCUT2D eigenvalue weighted by Gasteiger charge is 2.21. The first-order chi connectivity index (χ1) is 12.0. The minimum atomic E-state index is -0.496. The second kappa shape index (κ2) is 8.39. The Labute approximate surface area is 147 Å². The number of ether oxygens (including phenoxy) is 3. The summed E-state index contributed by atoms with van der Waals surface area (Å²) in [6, 6.07) is 3.00. The molecule has 136 valence electrons. The van der Waals surface area contributed by atoms with Crippen molar-refractivity contribution < 1.29 is 19.0 Å². The van der Waals surface area contributed by atoms with Crippen LogP contribution in [-0.2, 0) is 18.4 Å². The molecule has 2 rings (SSSR count). The van der Waals surface area contributed by atoms with E-state index in [4.69, 9.17) is 14.2 Å². The van der Waals surface area contributed by atoms with Crippen molar-refractivity contribution >= 4 is 5.91 Å². The molecule has 0 bridgehead atoms. The van der Waals surface area contributed by atoms with Crippen molar-refractivity contribution in [3.63, 3.8) is 0 Å². The number of nitrogens with one attached hydrogen (secondary N) is 2. The smallest absolute Gasteiger partial charge is 0.242 e. The molecule has 0 saturated carbocycles. The normalized spacial score (nSPS) is 11.7. The summed E-state index contributed by atoms with van der Waals surface area (Å²) in [7, 11) is 8.23. The van der Waals surface area contributed by atoms with E-state index in [1.165, 1.54) is 0 Å². The average Bonchev–Trinajstić information content (AvgIpc) is 3.05. The maximum atomic E-state index is 12.6. The molecule has 2 N–H and O–H groups in total. The summed E-state index contributed by atoms with van der Waals surface area (Å²) in [5.41, 5.74) is 1.52. The minimum absolute atomic E-state index is 0.171. The lowest BCUT2D eigenvalue weighted by Gasteiger charge is -2.18. The summed E-state index contributed by atoms with van der Waals surface area (Å²) in [6.07, 6.45) is 3.46. The molecule has 8 nitrogen and oxygen atoms in total. The van der Waals surface area contributed by atoms with Gasteiger partial charge in [0.2, 0.25) is 5.91 Å². The lowest BCUT2D eigenvalue weighted by atomic mass is 10.1. The van der Waals surface area contributed by atoms with Gasteiger partial charge in [-0.25, -0.2) is 0 Å². The van der Waals surface area contributed by atoms with Gasteiger partial charge in [0, 0.05) is 30.9 Å². The van der Waals surface area contributed by atoms with Crippen LogP contribution >= 0.6 is 0 Å². The van der Waals surface area contributed by atoms with Crippen LogP contribution in [0.2, 0.25) is 0 Å². The molecule has 0 aliphatic rings. The number of carbonyl (C=O) groups is 1. The third kappa shape index (κ3) is 4.21. The van der Waals surface area contributed by atoms with Crippen molar-refractivity contribution in [2.24, 2.45) is 7.05 Å². The molecule has 1 aromatic heterocycles. The fraction of sp³-hybridized carbons (Fsp3) is 0.412. The van der Waals surface area contributed by atoms with Crippen LogP contribution in [0.5, 0.6) is 17.2 Å². The Morgan fingerprint density at radius 2 is 1.84 bits per heavy atom. The number of carbonyl (C=O) groups excluding carboxylic acids is 1. The monoisotopic (exact) mass is 348 g/mol. The van der Waals surface area contributed by atoms with Gasteiger partial charge < -0.3 is 24.8 Å². The van der Waals surface area contributed by atoms with Gasteiger partial charge in [-0.15, -0.1) is 0 Å². The zero-order valence-corrected chi connectivity index (χ0v) is 15.1. The number of rotatable bonds is 8. The summed E-state index contributed by atoms with van der Waals surface area (Å²) in [5, 5.41) is 10.0. The highest BCUT2D eigenvalue weighted by Crippen LogP contribution is 2.34. The maximum Gasteiger partial charge on any atom is 0.242 e. The Balaban J connectivity index is 2.18. The molecule has 0 aliphatic heterocycles. The van der Waals surface area contributed by atoms with E-state index in [0.717, 1.165) is 11.1 Å². The molecule has 1 heterocycles. The van der Waals surface area contributed by atoms with Gasteiger partial charge in [-0.2, -0.15) is 5.10 Å². The van der Waals surface area contributed by atoms with Gasteiger partial charge in [0.05, 0.1) is 39.6 Å². The molecule has 0 aliphatic carbocycles. The van der Waals surface area contributed by atoms with E-state index in [0.29, 0.717) is 17.2 Å². The van der Waals surface area contributed by atoms with Crippen LogP contribution in [0.4, 0.5) is 0 Å². The molecule has 1 amide bonds. The number of likely N-dealkylation sites (N-methyl/N-ethyl adjacent to an activating group) is 1. The summed E-state index contributed by atoms with van der Waals surface area (Å²) in [6.45, 7) is 0.258. The average molecular weight is 348 g/mol. The van der Waals surface area contributed by atoms with Crippen molar-refractivity contribution in [2.45, 2.75) is 12.6 Å². The SMILES string of the molecule is CNC(C(=O)NCc1c(OC)cc(OC)cc1OC)c1cnn(C)c1. The van der Waals surface area contributed by atoms with Crippen LogP contribution in [0.1, 0.15) is 17.2 Å². The van der Waals surface area contributed by atoms with Crippen molar-refractivity contribution in [3.05, 3.63) is 35.7 Å². The fourth-order valence-corrected chi connectivity index (χ4v) is 2.57. The molecule has 0 saturated heterocycles. The number of methoxy groups -OCH3 is 3. The van der Waals surface area contributed by atoms with Gasteiger partial charge in [0.25, 0.3) is 0 Å². The molecule has 1 aromatic carbocycles. The number of aryl methyl sites for hydroxylation is 1. The van der Waals surface area contributed by atoms with E-state index in [2.05, 4.69) is 15.7 Å². The van der Waals surface area contributed by atoms with Gasteiger partial charge in [0.1, 0.15) is 23.3 Å². The number of amides is 1. The third-order valence-electron chi connectivity index (χ3n) is 3.87. The Bertz CT molecular complexity index is 704. The number of aromatic nitrogens is 2. The van der Waals surface area contributed by atoms with E-state index in [1.54, 1.807) is 64.6 Å². The summed E-state index contributed by atoms with van der Waals surface area (Å²) in [4.78, 5) is 12.6. The molecule has 0 fully saturated rings. The summed E-state index contributed by atoms with van der Waals surface area (Å²) < 4.78 is 17.7. The molecule has 1 unspecified atom stereocenters. The second-order valence-electron chi connectivity index (χ2n) is 5.40. The lowest BCUT2D eigenvalue weighted by Crippen LogP contribution is -2.35. The number of hydrogen-bond donors (Lipinski definition) is 2. The van der Waals surface area contributed by atoms with Crippen LogP contribution in [0.25, 0.3) is 0 Å². The van der Waals surface area contributed by atoms with Gasteiger partial charge in [-0.1, -0.05) is 0 Å². The van der Waals surface area contributed by atoms with E-state index in [9.17, 15) is 4.79 Å². The maximum absolute atomic E-state index is 12.6. The van der Waals surface area contributed by atoms with Crippen molar-refractivity contribution in [1.29, 1.82) is 0 Å². The summed E-state index contributed by atoms with van der Waals surface area (Å²) >= 11 is 0. The molecule has 2 aromatic rings. The molecule has 8 heteroatoms. The predicted molar refractivity (Wildman–Crippen MR) is 93.0 cm³/mol. The highest BCUT2D eigenvalue weighted by molar-refractivity contribution is 5.83. The number of nitrogens with zero attached hydrogens (tertiary/aromatic N) is 2. The van der Waals surface area contributed by atoms with Crippen LogP contribution < -0.4 is 24.8 Å². The third-order valence-corrected chi connectivity index (χ3v) is 3.87.